The van der Waals surface area contributed by atoms with Crippen LogP contribution in [-0.4, -0.2) is 23.5 Å². The number of thiazole rings is 1. The molecule has 4 heteroatoms. The quantitative estimate of drug-likeness (QED) is 0.791. The van der Waals surface area contributed by atoms with Gasteiger partial charge in [-0.25, -0.2) is 4.98 Å². The van der Waals surface area contributed by atoms with Crippen molar-refractivity contribution in [1.29, 1.82) is 0 Å². The zero-order valence-corrected chi connectivity index (χ0v) is 9.68. The number of rotatable bonds is 3. The van der Waals surface area contributed by atoms with E-state index in [0.717, 1.165) is 36.6 Å². The number of ether oxygens (including phenoxy) is 1. The largest absolute Gasteiger partial charge is 0.370 e. The number of ketones is 1. The van der Waals surface area contributed by atoms with E-state index in [1.165, 1.54) is 0 Å². The van der Waals surface area contributed by atoms with Crippen molar-refractivity contribution in [2.24, 2.45) is 0 Å². The van der Waals surface area contributed by atoms with Gasteiger partial charge >= 0.3 is 0 Å². The summed E-state index contributed by atoms with van der Waals surface area (Å²) in [5.74, 6) is 0.181. The molecule has 15 heavy (non-hydrogen) atoms. The normalized spacial score (nSPS) is 21.5. The molecule has 1 aromatic heterocycles. The van der Waals surface area contributed by atoms with Crippen LogP contribution in [0.4, 0.5) is 0 Å². The van der Waals surface area contributed by atoms with Crippen LogP contribution in [0.1, 0.15) is 30.0 Å². The number of nitrogens with zero attached hydrogens (tertiary/aromatic N) is 1. The SMILES string of the molecule is Cc1nc(CC(=O)C2CCCCO2)cs1. The lowest BCUT2D eigenvalue weighted by atomic mass is 10.0. The molecular formula is C11H15NO2S. The molecule has 2 heterocycles. The highest BCUT2D eigenvalue weighted by Crippen LogP contribution is 2.16. The van der Waals surface area contributed by atoms with Crippen molar-refractivity contribution in [2.45, 2.75) is 38.7 Å². The molecule has 0 aromatic carbocycles. The lowest BCUT2D eigenvalue weighted by molar-refractivity contribution is -0.132. The molecule has 1 aromatic rings. The number of Topliss-reactive ketones (excluding diaryl/α,β-unsaturated/α-hetero) is 1. The molecule has 1 atom stereocenters. The molecule has 1 saturated heterocycles. The minimum atomic E-state index is -0.180. The van der Waals surface area contributed by atoms with E-state index in [2.05, 4.69) is 4.98 Å². The lowest BCUT2D eigenvalue weighted by Gasteiger charge is -2.20. The van der Waals surface area contributed by atoms with Crippen molar-refractivity contribution < 1.29 is 9.53 Å². The lowest BCUT2D eigenvalue weighted by Crippen LogP contribution is -2.29. The summed E-state index contributed by atoms with van der Waals surface area (Å²) in [7, 11) is 0. The molecule has 0 N–H and O–H groups in total. The van der Waals surface area contributed by atoms with Gasteiger partial charge in [0.15, 0.2) is 5.78 Å². The number of aromatic nitrogens is 1. The van der Waals surface area contributed by atoms with E-state index in [-0.39, 0.29) is 11.9 Å². The van der Waals surface area contributed by atoms with Gasteiger partial charge in [-0.05, 0) is 26.2 Å². The fourth-order valence-corrected chi connectivity index (χ4v) is 2.39. The summed E-state index contributed by atoms with van der Waals surface area (Å²) >= 11 is 1.59. The molecule has 1 aliphatic heterocycles. The van der Waals surface area contributed by atoms with Gasteiger partial charge < -0.3 is 4.74 Å². The van der Waals surface area contributed by atoms with Crippen LogP contribution in [-0.2, 0) is 16.0 Å². The predicted octanol–water partition coefficient (Wildman–Crippen LogP) is 2.13. The first kappa shape index (κ1) is 10.8. The number of hydrogen-bond donors (Lipinski definition) is 0. The van der Waals surface area contributed by atoms with Gasteiger partial charge in [0.05, 0.1) is 17.1 Å². The average Bonchev–Trinajstić information content (AvgIpc) is 2.65. The summed E-state index contributed by atoms with van der Waals surface area (Å²) in [6.45, 7) is 2.68. The average molecular weight is 225 g/mol. The van der Waals surface area contributed by atoms with Gasteiger partial charge in [0.2, 0.25) is 0 Å². The molecule has 0 spiro atoms. The molecule has 0 saturated carbocycles. The highest BCUT2D eigenvalue weighted by Gasteiger charge is 2.22. The third kappa shape index (κ3) is 2.86. The van der Waals surface area contributed by atoms with Crippen molar-refractivity contribution in [3.63, 3.8) is 0 Å². The van der Waals surface area contributed by atoms with Gasteiger partial charge in [0.25, 0.3) is 0 Å². The Hall–Kier alpha value is -0.740. The smallest absolute Gasteiger partial charge is 0.167 e. The third-order valence-electron chi connectivity index (χ3n) is 2.56. The van der Waals surface area contributed by atoms with Gasteiger partial charge in [-0.3, -0.25) is 4.79 Å². The number of carbonyl (C=O) groups is 1. The highest BCUT2D eigenvalue weighted by atomic mass is 32.1. The summed E-state index contributed by atoms with van der Waals surface area (Å²) in [4.78, 5) is 16.1. The molecular weight excluding hydrogens is 210 g/mol. The summed E-state index contributed by atoms with van der Waals surface area (Å²) in [5.41, 5.74) is 0.886. The minimum Gasteiger partial charge on any atom is -0.370 e. The molecule has 0 radical (unpaired) electrons. The summed E-state index contributed by atoms with van der Waals surface area (Å²) in [6, 6.07) is 0. The molecule has 3 nitrogen and oxygen atoms in total. The van der Waals surface area contributed by atoms with Crippen LogP contribution in [0.15, 0.2) is 5.38 Å². The number of aryl methyl sites for hydroxylation is 1. The van der Waals surface area contributed by atoms with Crippen molar-refractivity contribution in [2.75, 3.05) is 6.61 Å². The first-order chi connectivity index (χ1) is 7.25. The molecule has 0 bridgehead atoms. The Morgan fingerprint density at radius 1 is 1.67 bits per heavy atom. The number of hydrogen-bond acceptors (Lipinski definition) is 4. The van der Waals surface area contributed by atoms with Crippen molar-refractivity contribution in [3.05, 3.63) is 16.1 Å². The van der Waals surface area contributed by atoms with Crippen LogP contribution < -0.4 is 0 Å². The maximum Gasteiger partial charge on any atom is 0.167 e. The van der Waals surface area contributed by atoms with Crippen LogP contribution in [0.5, 0.6) is 0 Å². The molecule has 1 fully saturated rings. The fraction of sp³-hybridized carbons (Fsp3) is 0.636. The Kier molecular flexibility index (Phi) is 3.49. The number of carbonyl (C=O) groups excluding carboxylic acids is 1. The fourth-order valence-electron chi connectivity index (χ4n) is 1.78. The van der Waals surface area contributed by atoms with Crippen LogP contribution in [0, 0.1) is 6.92 Å². The summed E-state index contributed by atoms with van der Waals surface area (Å²) in [5, 5.41) is 2.97. The van der Waals surface area contributed by atoms with E-state index in [1.807, 2.05) is 12.3 Å². The van der Waals surface area contributed by atoms with E-state index in [9.17, 15) is 4.79 Å². The summed E-state index contributed by atoms with van der Waals surface area (Å²) in [6.07, 6.45) is 3.31. The van der Waals surface area contributed by atoms with Gasteiger partial charge in [-0.15, -0.1) is 11.3 Å². The van der Waals surface area contributed by atoms with E-state index < -0.39 is 0 Å². The van der Waals surface area contributed by atoms with E-state index in [0.29, 0.717) is 6.42 Å². The molecule has 0 aliphatic carbocycles. The van der Waals surface area contributed by atoms with Crippen LogP contribution in [0.3, 0.4) is 0 Å². The first-order valence-corrected chi connectivity index (χ1v) is 6.19. The second-order valence-electron chi connectivity index (χ2n) is 3.86. The monoisotopic (exact) mass is 225 g/mol. The van der Waals surface area contributed by atoms with E-state index in [1.54, 1.807) is 11.3 Å². The molecule has 0 amide bonds. The highest BCUT2D eigenvalue weighted by molar-refractivity contribution is 7.09. The van der Waals surface area contributed by atoms with Gasteiger partial charge in [-0.2, -0.15) is 0 Å². The topological polar surface area (TPSA) is 39.2 Å². The molecule has 82 valence electrons. The predicted molar refractivity (Wildman–Crippen MR) is 59.2 cm³/mol. The Bertz CT molecular complexity index is 342. The maximum absolute atomic E-state index is 11.8. The van der Waals surface area contributed by atoms with Gasteiger partial charge in [-0.1, -0.05) is 0 Å². The van der Waals surface area contributed by atoms with E-state index in [4.69, 9.17) is 4.74 Å². The Balaban J connectivity index is 1.91. The zero-order chi connectivity index (χ0) is 10.7. The zero-order valence-electron chi connectivity index (χ0n) is 8.86. The van der Waals surface area contributed by atoms with Crippen molar-refractivity contribution in [1.82, 2.24) is 4.98 Å². The van der Waals surface area contributed by atoms with E-state index >= 15 is 0 Å². The first-order valence-electron chi connectivity index (χ1n) is 5.31. The molecule has 1 aliphatic rings. The maximum atomic E-state index is 11.8. The third-order valence-corrected chi connectivity index (χ3v) is 3.38. The second kappa shape index (κ2) is 4.86. The summed E-state index contributed by atoms with van der Waals surface area (Å²) < 4.78 is 5.44. The second-order valence-corrected chi connectivity index (χ2v) is 4.92. The minimum absolute atomic E-state index is 0.180. The Labute approximate surface area is 93.5 Å². The Morgan fingerprint density at radius 2 is 2.53 bits per heavy atom. The molecule has 1 unspecified atom stereocenters. The van der Waals surface area contributed by atoms with Gasteiger partial charge in [0, 0.05) is 12.0 Å². The van der Waals surface area contributed by atoms with Crippen LogP contribution in [0.2, 0.25) is 0 Å². The molecule has 2 rings (SSSR count). The van der Waals surface area contributed by atoms with Crippen LogP contribution in [0.25, 0.3) is 0 Å². The Morgan fingerprint density at radius 3 is 3.13 bits per heavy atom. The van der Waals surface area contributed by atoms with Crippen molar-refractivity contribution in [3.8, 4) is 0 Å². The standard InChI is InChI=1S/C11H15NO2S/c1-8-12-9(7-15-8)6-10(13)11-4-2-3-5-14-11/h7,11H,2-6H2,1H3. The van der Waals surface area contributed by atoms with Crippen molar-refractivity contribution >= 4 is 17.1 Å². The van der Waals surface area contributed by atoms with Gasteiger partial charge in [0.1, 0.15) is 6.10 Å². The van der Waals surface area contributed by atoms with Crippen LogP contribution >= 0.6 is 11.3 Å².